The summed E-state index contributed by atoms with van der Waals surface area (Å²) in [5.74, 6) is -0.643. The lowest BCUT2D eigenvalue weighted by molar-refractivity contribution is -0.00570. The van der Waals surface area contributed by atoms with Crippen molar-refractivity contribution in [1.29, 1.82) is 0 Å². The molecule has 0 aliphatic carbocycles. The summed E-state index contributed by atoms with van der Waals surface area (Å²) in [5.41, 5.74) is 0.316. The Morgan fingerprint density at radius 3 is 2.67 bits per heavy atom. The summed E-state index contributed by atoms with van der Waals surface area (Å²) in [6.07, 6.45) is -0.612. The molecule has 0 saturated carbocycles. The molecule has 1 saturated heterocycles. The first-order valence-electron chi connectivity index (χ1n) is 11.1. The van der Waals surface area contributed by atoms with Crippen molar-refractivity contribution >= 4 is 40.3 Å². The van der Waals surface area contributed by atoms with E-state index in [-0.39, 0.29) is 44.8 Å². The molecule has 4 aromatic heterocycles. The van der Waals surface area contributed by atoms with E-state index >= 15 is 0 Å². The number of hydrogen-bond acceptors (Lipinski definition) is 8. The topological polar surface area (TPSA) is 90.4 Å². The molecule has 0 N–H and O–H groups in total. The van der Waals surface area contributed by atoms with E-state index < -0.39 is 23.7 Å². The molecule has 9 nitrogen and oxygen atoms in total. The number of ether oxygens (including phenoxy) is 1. The Morgan fingerprint density at radius 2 is 2.00 bits per heavy atom. The number of morpholine rings is 1. The number of alkyl halides is 2. The summed E-state index contributed by atoms with van der Waals surface area (Å²) in [6, 6.07) is 1.47. The van der Waals surface area contributed by atoms with Crippen molar-refractivity contribution in [3.05, 3.63) is 45.6 Å². The van der Waals surface area contributed by atoms with Crippen molar-refractivity contribution in [2.45, 2.75) is 38.9 Å². The van der Waals surface area contributed by atoms with Crippen LogP contribution in [0.2, 0.25) is 4.34 Å². The van der Waals surface area contributed by atoms with Gasteiger partial charge >= 0.3 is 0 Å². The smallest absolute Gasteiger partial charge is 0.282 e. The minimum atomic E-state index is -2.85. The predicted octanol–water partition coefficient (Wildman–Crippen LogP) is 4.36. The quantitative estimate of drug-likeness (QED) is 0.336. The number of carbonyl (C=O) groups is 1. The Balaban J connectivity index is 1.43. The number of hydrogen-bond donors (Lipinski definition) is 0. The normalized spacial score (nSPS) is 18.5. The number of nitrogens with zero attached hydrogens (tertiary/aromatic N) is 7. The second kappa shape index (κ2) is 9.45. The van der Waals surface area contributed by atoms with E-state index in [1.54, 1.807) is 0 Å². The number of anilines is 1. The number of fused-ring (bicyclic) bond motifs is 1. The number of halogens is 4. The second-order valence-corrected chi connectivity index (χ2v) is 10.2. The summed E-state index contributed by atoms with van der Waals surface area (Å²) >= 11 is 6.73. The van der Waals surface area contributed by atoms with Gasteiger partial charge < -0.3 is 9.64 Å². The van der Waals surface area contributed by atoms with Gasteiger partial charge in [0.1, 0.15) is 26.5 Å². The number of aryl methyl sites for hydroxylation is 1. The lowest BCUT2D eigenvalue weighted by Gasteiger charge is -2.34. The van der Waals surface area contributed by atoms with Crippen LogP contribution in [0.15, 0.2) is 18.5 Å². The van der Waals surface area contributed by atoms with Gasteiger partial charge in [-0.15, -0.1) is 16.4 Å². The molecule has 1 aliphatic rings. The summed E-state index contributed by atoms with van der Waals surface area (Å²) in [4.78, 5) is 23.6. The number of ketones is 1. The fourth-order valence-corrected chi connectivity index (χ4v) is 5.44. The third-order valence-electron chi connectivity index (χ3n) is 5.80. The first-order chi connectivity index (χ1) is 17.1. The zero-order valence-electron chi connectivity index (χ0n) is 19.5. The van der Waals surface area contributed by atoms with Crippen LogP contribution < -0.4 is 4.90 Å². The Hall–Kier alpha value is -3.03. The average Bonchev–Trinajstić information content (AvgIpc) is 3.49. The maximum atomic E-state index is 15.0. The van der Waals surface area contributed by atoms with Crippen molar-refractivity contribution in [1.82, 2.24) is 29.4 Å². The third kappa shape index (κ3) is 4.58. The van der Waals surface area contributed by atoms with Crippen molar-refractivity contribution < 1.29 is 22.7 Å². The van der Waals surface area contributed by atoms with Gasteiger partial charge in [-0.3, -0.25) is 9.48 Å². The minimum Gasteiger partial charge on any atom is -0.372 e. The monoisotopic (exact) mass is 539 g/mol. The zero-order valence-corrected chi connectivity index (χ0v) is 21.0. The number of rotatable bonds is 6. The maximum Gasteiger partial charge on any atom is 0.282 e. The first kappa shape index (κ1) is 24.7. The van der Waals surface area contributed by atoms with Gasteiger partial charge in [-0.2, -0.15) is 10.1 Å². The standard InChI is InChI=1S/C22H21ClF3N7O2S/c1-10-7-32(8-11(2)35-10)22-28-16-5-12(14(24)9-33(16)30-22)4-15(34)18-13(6-27-31(18)3)21-29-17(20(25)26)19(23)36-21/h5-6,9-11,20H,4,7-8H2,1-3H3/t10-,11+. The molecule has 0 spiro atoms. The van der Waals surface area contributed by atoms with Gasteiger partial charge in [-0.25, -0.2) is 22.7 Å². The van der Waals surface area contributed by atoms with Gasteiger partial charge in [0.25, 0.3) is 6.43 Å². The Kier molecular flexibility index (Phi) is 6.47. The summed E-state index contributed by atoms with van der Waals surface area (Å²) in [7, 11) is 1.54. The van der Waals surface area contributed by atoms with Crippen LogP contribution >= 0.6 is 22.9 Å². The number of pyridine rings is 1. The number of aromatic nitrogens is 6. The van der Waals surface area contributed by atoms with Crippen LogP contribution in [0.1, 0.15) is 42.0 Å². The van der Waals surface area contributed by atoms with E-state index in [0.717, 1.165) is 11.3 Å². The molecule has 0 radical (unpaired) electrons. The summed E-state index contributed by atoms with van der Waals surface area (Å²) < 4.78 is 49.5. The van der Waals surface area contributed by atoms with Gasteiger partial charge in [0, 0.05) is 32.1 Å². The SMILES string of the molecule is C[C@@H]1CN(c2nc3cc(CC(=O)c4c(-c5nc(C(F)F)c(Cl)s5)cnn4C)c(F)cn3n2)C[C@H](C)O1. The third-order valence-corrected chi connectivity index (χ3v) is 7.11. The molecule has 14 heteroatoms. The molecule has 36 heavy (non-hydrogen) atoms. The van der Waals surface area contributed by atoms with Crippen molar-refractivity contribution in [2.75, 3.05) is 18.0 Å². The molecular formula is C22H21ClF3N7O2S. The van der Waals surface area contributed by atoms with Gasteiger partial charge in [0.15, 0.2) is 11.4 Å². The fourth-order valence-electron chi connectivity index (χ4n) is 4.29. The first-order valence-corrected chi connectivity index (χ1v) is 12.2. The molecule has 1 aliphatic heterocycles. The van der Waals surface area contributed by atoms with E-state index in [9.17, 15) is 18.0 Å². The summed E-state index contributed by atoms with van der Waals surface area (Å²) in [5, 5.41) is 8.60. The highest BCUT2D eigenvalue weighted by Crippen LogP contribution is 2.37. The molecule has 0 bridgehead atoms. The highest BCUT2D eigenvalue weighted by molar-refractivity contribution is 7.19. The molecule has 4 aromatic rings. The summed E-state index contributed by atoms with van der Waals surface area (Å²) in [6.45, 7) is 5.13. The number of thiazole rings is 1. The molecule has 0 amide bonds. The van der Waals surface area contributed by atoms with Gasteiger partial charge in [-0.05, 0) is 19.9 Å². The molecule has 5 rings (SSSR count). The van der Waals surface area contributed by atoms with Crippen LogP contribution in [-0.2, 0) is 18.2 Å². The van der Waals surface area contributed by atoms with E-state index in [1.165, 1.54) is 34.7 Å². The average molecular weight is 540 g/mol. The lowest BCUT2D eigenvalue weighted by Crippen LogP contribution is -2.46. The van der Waals surface area contributed by atoms with Gasteiger partial charge in [0.2, 0.25) is 5.95 Å². The van der Waals surface area contributed by atoms with Crippen LogP contribution in [0, 0.1) is 5.82 Å². The number of Topliss-reactive ketones (excluding diaryl/α,β-unsaturated/α-hetero) is 1. The highest BCUT2D eigenvalue weighted by Gasteiger charge is 2.27. The molecule has 0 unspecified atom stereocenters. The van der Waals surface area contributed by atoms with E-state index in [1.807, 2.05) is 18.7 Å². The van der Waals surface area contributed by atoms with E-state index in [2.05, 4.69) is 20.2 Å². The lowest BCUT2D eigenvalue weighted by atomic mass is 10.1. The predicted molar refractivity (Wildman–Crippen MR) is 127 cm³/mol. The minimum absolute atomic E-state index is 0.00265. The maximum absolute atomic E-state index is 15.0. The molecule has 2 atom stereocenters. The zero-order chi connectivity index (χ0) is 25.7. The van der Waals surface area contributed by atoms with Gasteiger partial charge in [0.05, 0.1) is 30.2 Å². The number of carbonyl (C=O) groups excluding carboxylic acids is 1. The van der Waals surface area contributed by atoms with Gasteiger partial charge in [-0.1, -0.05) is 11.6 Å². The van der Waals surface area contributed by atoms with E-state index in [4.69, 9.17) is 16.3 Å². The van der Waals surface area contributed by atoms with E-state index in [0.29, 0.717) is 24.7 Å². The van der Waals surface area contributed by atoms with Crippen molar-refractivity contribution in [2.24, 2.45) is 7.05 Å². The van der Waals surface area contributed by atoms with Crippen LogP contribution in [0.4, 0.5) is 19.1 Å². The Morgan fingerprint density at radius 1 is 1.28 bits per heavy atom. The van der Waals surface area contributed by atoms with Crippen LogP contribution in [0.5, 0.6) is 0 Å². The van der Waals surface area contributed by atoms with Crippen molar-refractivity contribution in [3.63, 3.8) is 0 Å². The highest BCUT2D eigenvalue weighted by atomic mass is 35.5. The molecule has 5 heterocycles. The fraction of sp³-hybridized carbons (Fsp3) is 0.409. The molecular weight excluding hydrogens is 519 g/mol. The van der Waals surface area contributed by atoms with Crippen LogP contribution in [0.3, 0.4) is 0 Å². The Bertz CT molecular complexity index is 1440. The van der Waals surface area contributed by atoms with Crippen molar-refractivity contribution in [3.8, 4) is 10.6 Å². The van der Waals surface area contributed by atoms with Crippen LogP contribution in [-0.4, -0.2) is 60.4 Å². The molecule has 190 valence electrons. The second-order valence-electron chi connectivity index (χ2n) is 8.63. The molecule has 0 aromatic carbocycles. The molecule has 1 fully saturated rings. The van der Waals surface area contributed by atoms with Crippen LogP contribution in [0.25, 0.3) is 16.2 Å². The Labute approximate surface area is 212 Å². The largest absolute Gasteiger partial charge is 0.372 e.